The Morgan fingerprint density at radius 3 is 2.93 bits per heavy atom. The Balaban J connectivity index is 2.32. The van der Waals surface area contributed by atoms with Gasteiger partial charge >= 0.3 is 5.97 Å². The molecule has 1 rings (SSSR count). The van der Waals surface area contributed by atoms with E-state index in [1.807, 2.05) is 25.6 Å². The van der Waals surface area contributed by atoms with Gasteiger partial charge in [0.25, 0.3) is 0 Å². The molecule has 3 nitrogen and oxygen atoms in total. The van der Waals surface area contributed by atoms with E-state index < -0.39 is 0 Å². The van der Waals surface area contributed by atoms with Crippen LogP contribution in [0.3, 0.4) is 0 Å². The largest absolute Gasteiger partial charge is 0.465 e. The predicted molar refractivity (Wildman–Crippen MR) is 59.6 cm³/mol. The fraction of sp³-hybridized carbons (Fsp3) is 0.900. The third-order valence-electron chi connectivity index (χ3n) is 2.48. The van der Waals surface area contributed by atoms with Crippen LogP contribution in [0.2, 0.25) is 0 Å². The predicted octanol–water partition coefficient (Wildman–Crippen LogP) is 1.42. The summed E-state index contributed by atoms with van der Waals surface area (Å²) in [7, 11) is 0. The first kappa shape index (κ1) is 11.9. The molecular formula is C10H19NO2S. The van der Waals surface area contributed by atoms with Gasteiger partial charge in [0.05, 0.1) is 6.61 Å². The van der Waals surface area contributed by atoms with Crippen molar-refractivity contribution in [3.63, 3.8) is 0 Å². The molecule has 0 aromatic rings. The normalized spacial score (nSPS) is 28.8. The van der Waals surface area contributed by atoms with Gasteiger partial charge in [0.1, 0.15) is 6.04 Å². The maximum Gasteiger partial charge on any atom is 0.322 e. The summed E-state index contributed by atoms with van der Waals surface area (Å²) in [6, 6.07) is 0.278. The monoisotopic (exact) mass is 217 g/mol. The first-order valence-corrected chi connectivity index (χ1v) is 6.24. The van der Waals surface area contributed by atoms with E-state index in [1.54, 1.807) is 0 Å². The van der Waals surface area contributed by atoms with Crippen LogP contribution in [0.4, 0.5) is 0 Å². The summed E-state index contributed by atoms with van der Waals surface area (Å²) >= 11 is 1.96. The summed E-state index contributed by atoms with van der Waals surface area (Å²) in [5.41, 5.74) is 0. The Morgan fingerprint density at radius 2 is 2.43 bits per heavy atom. The number of rotatable bonds is 4. The van der Waals surface area contributed by atoms with Crippen molar-refractivity contribution in [1.29, 1.82) is 0 Å². The van der Waals surface area contributed by atoms with Crippen LogP contribution in [0.1, 0.15) is 27.2 Å². The van der Waals surface area contributed by atoms with Crippen molar-refractivity contribution in [2.24, 2.45) is 0 Å². The second-order valence-corrected chi connectivity index (χ2v) is 5.10. The van der Waals surface area contributed by atoms with E-state index in [0.717, 1.165) is 6.42 Å². The molecule has 0 aromatic heterocycles. The van der Waals surface area contributed by atoms with Crippen molar-refractivity contribution >= 4 is 17.7 Å². The highest BCUT2D eigenvalue weighted by Crippen LogP contribution is 2.26. The highest BCUT2D eigenvalue weighted by molar-refractivity contribution is 8.00. The molecule has 1 N–H and O–H groups in total. The molecule has 1 aliphatic rings. The highest BCUT2D eigenvalue weighted by Gasteiger charge is 2.27. The number of carbonyl (C=O) groups excluding carboxylic acids is 1. The van der Waals surface area contributed by atoms with Gasteiger partial charge in [0.2, 0.25) is 0 Å². The molecule has 0 radical (unpaired) electrons. The second-order valence-electron chi connectivity index (χ2n) is 3.61. The summed E-state index contributed by atoms with van der Waals surface area (Å²) in [6.45, 7) is 6.36. The van der Waals surface area contributed by atoms with Gasteiger partial charge in [0.15, 0.2) is 0 Å². The zero-order chi connectivity index (χ0) is 10.6. The molecule has 3 unspecified atom stereocenters. The Kier molecular flexibility index (Phi) is 4.75. The average Bonchev–Trinajstić information content (AvgIpc) is 2.52. The molecule has 82 valence electrons. The quantitative estimate of drug-likeness (QED) is 0.723. The Morgan fingerprint density at radius 1 is 1.71 bits per heavy atom. The maximum atomic E-state index is 11.3. The Labute approximate surface area is 90.0 Å². The minimum Gasteiger partial charge on any atom is -0.465 e. The van der Waals surface area contributed by atoms with Gasteiger partial charge in [-0.3, -0.25) is 4.79 Å². The molecule has 3 atom stereocenters. The molecule has 1 aliphatic heterocycles. The lowest BCUT2D eigenvalue weighted by Crippen LogP contribution is -2.44. The van der Waals surface area contributed by atoms with Gasteiger partial charge in [-0.05, 0) is 26.0 Å². The summed E-state index contributed by atoms with van der Waals surface area (Å²) in [5.74, 6) is 1.05. The van der Waals surface area contributed by atoms with E-state index in [2.05, 4.69) is 12.2 Å². The fourth-order valence-electron chi connectivity index (χ4n) is 1.61. The fourth-order valence-corrected chi connectivity index (χ4v) is 2.82. The third-order valence-corrected chi connectivity index (χ3v) is 3.81. The van der Waals surface area contributed by atoms with Crippen LogP contribution in [0, 0.1) is 0 Å². The molecule has 0 amide bonds. The summed E-state index contributed by atoms with van der Waals surface area (Å²) in [5, 5.41) is 3.92. The van der Waals surface area contributed by atoms with Crippen LogP contribution in [0.25, 0.3) is 0 Å². The molecule has 14 heavy (non-hydrogen) atoms. The van der Waals surface area contributed by atoms with Crippen LogP contribution in [0.5, 0.6) is 0 Å². The van der Waals surface area contributed by atoms with Crippen molar-refractivity contribution in [1.82, 2.24) is 5.32 Å². The molecule has 0 aliphatic carbocycles. The van der Waals surface area contributed by atoms with Crippen LogP contribution in [0.15, 0.2) is 0 Å². The SMILES string of the molecule is CCOC(=O)C(C)NC1CCSC1C. The van der Waals surface area contributed by atoms with Crippen molar-refractivity contribution in [2.75, 3.05) is 12.4 Å². The molecule has 1 saturated heterocycles. The first-order chi connectivity index (χ1) is 6.65. The number of hydrogen-bond donors (Lipinski definition) is 1. The first-order valence-electron chi connectivity index (χ1n) is 5.19. The number of carbonyl (C=O) groups is 1. The van der Waals surface area contributed by atoms with E-state index in [0.29, 0.717) is 17.9 Å². The van der Waals surface area contributed by atoms with E-state index in [-0.39, 0.29) is 12.0 Å². The summed E-state index contributed by atoms with van der Waals surface area (Å²) in [4.78, 5) is 11.3. The molecule has 0 aromatic carbocycles. The summed E-state index contributed by atoms with van der Waals surface area (Å²) in [6.07, 6.45) is 1.15. The van der Waals surface area contributed by atoms with Crippen molar-refractivity contribution in [2.45, 2.75) is 44.5 Å². The minimum absolute atomic E-state index is 0.142. The average molecular weight is 217 g/mol. The number of ether oxygens (including phenoxy) is 1. The van der Waals surface area contributed by atoms with Gasteiger partial charge in [-0.1, -0.05) is 6.92 Å². The highest BCUT2D eigenvalue weighted by atomic mass is 32.2. The lowest BCUT2D eigenvalue weighted by molar-refractivity contribution is -0.145. The minimum atomic E-state index is -0.180. The van der Waals surface area contributed by atoms with Crippen LogP contribution >= 0.6 is 11.8 Å². The third kappa shape index (κ3) is 3.17. The van der Waals surface area contributed by atoms with E-state index in [1.165, 1.54) is 5.75 Å². The molecule has 0 spiro atoms. The lowest BCUT2D eigenvalue weighted by atomic mass is 10.1. The molecular weight excluding hydrogens is 198 g/mol. The van der Waals surface area contributed by atoms with Gasteiger partial charge in [-0.2, -0.15) is 11.8 Å². The number of esters is 1. The molecule has 0 bridgehead atoms. The zero-order valence-electron chi connectivity index (χ0n) is 9.08. The van der Waals surface area contributed by atoms with Crippen LogP contribution < -0.4 is 5.32 Å². The summed E-state index contributed by atoms with van der Waals surface area (Å²) < 4.78 is 4.94. The molecule has 1 heterocycles. The topological polar surface area (TPSA) is 38.3 Å². The molecule has 1 fully saturated rings. The van der Waals surface area contributed by atoms with Gasteiger partial charge < -0.3 is 10.1 Å². The Bertz CT molecular complexity index is 199. The number of hydrogen-bond acceptors (Lipinski definition) is 4. The number of nitrogens with one attached hydrogen (secondary N) is 1. The van der Waals surface area contributed by atoms with Crippen LogP contribution in [-0.4, -0.2) is 35.7 Å². The maximum absolute atomic E-state index is 11.3. The van der Waals surface area contributed by atoms with E-state index >= 15 is 0 Å². The lowest BCUT2D eigenvalue weighted by Gasteiger charge is -2.20. The van der Waals surface area contributed by atoms with Crippen LogP contribution in [-0.2, 0) is 9.53 Å². The van der Waals surface area contributed by atoms with Crippen molar-refractivity contribution < 1.29 is 9.53 Å². The standard InChI is InChI=1S/C10H19NO2S/c1-4-13-10(12)7(2)11-9-5-6-14-8(9)3/h7-9,11H,4-6H2,1-3H3. The van der Waals surface area contributed by atoms with Gasteiger partial charge in [-0.15, -0.1) is 0 Å². The number of thioether (sulfide) groups is 1. The molecule has 0 saturated carbocycles. The van der Waals surface area contributed by atoms with Crippen molar-refractivity contribution in [3.8, 4) is 0 Å². The molecule has 4 heteroatoms. The van der Waals surface area contributed by atoms with E-state index in [9.17, 15) is 4.79 Å². The Hall–Kier alpha value is -0.220. The van der Waals surface area contributed by atoms with E-state index in [4.69, 9.17) is 4.74 Å². The van der Waals surface area contributed by atoms with Gasteiger partial charge in [-0.25, -0.2) is 0 Å². The second kappa shape index (κ2) is 5.61. The van der Waals surface area contributed by atoms with Gasteiger partial charge in [0, 0.05) is 11.3 Å². The zero-order valence-corrected chi connectivity index (χ0v) is 9.89. The van der Waals surface area contributed by atoms with Crippen molar-refractivity contribution in [3.05, 3.63) is 0 Å². The smallest absolute Gasteiger partial charge is 0.322 e.